The monoisotopic (exact) mass is 398 g/mol. The normalized spacial score (nSPS) is 10.7. The van der Waals surface area contributed by atoms with Crippen LogP contribution in [0.3, 0.4) is 0 Å². The molecule has 3 aromatic rings. The fourth-order valence-corrected chi connectivity index (χ4v) is 3.42. The molecule has 2 aromatic carbocycles. The topological polar surface area (TPSA) is 51.6 Å². The van der Waals surface area contributed by atoms with Gasteiger partial charge >= 0.3 is 0 Å². The van der Waals surface area contributed by atoms with Crippen LogP contribution < -0.4 is 0 Å². The Hall–Kier alpha value is -3.14. The van der Waals surface area contributed by atoms with Crippen LogP contribution in [0.15, 0.2) is 36.4 Å². The minimum Gasteiger partial charge on any atom is -0.251 e. The first-order valence-electron chi connectivity index (χ1n) is 10.3. The molecule has 0 aliphatic rings. The average Bonchev–Trinajstić information content (AvgIpc) is 2.62. The average molecular weight is 399 g/mol. The second-order valence-corrected chi connectivity index (χ2v) is 8.15. The molecule has 154 valence electrons. The van der Waals surface area contributed by atoms with Crippen molar-refractivity contribution < 1.29 is 0 Å². The lowest BCUT2D eigenvalue weighted by atomic mass is 10.1. The van der Waals surface area contributed by atoms with Crippen LogP contribution in [0.5, 0.6) is 0 Å². The third kappa shape index (κ3) is 5.07. The Balaban J connectivity index is 2.53. The minimum absolute atomic E-state index is 0.867. The molecule has 4 nitrogen and oxygen atoms in total. The minimum atomic E-state index is 0.867. The summed E-state index contributed by atoms with van der Waals surface area (Å²) in [7, 11) is 0. The van der Waals surface area contributed by atoms with E-state index in [1.807, 2.05) is 39.8 Å². The Bertz CT molecular complexity index is 1080. The molecule has 0 aliphatic carbocycles. The molecule has 0 unspecified atom stereocenters. The molecule has 0 saturated heterocycles. The van der Waals surface area contributed by atoms with Gasteiger partial charge in [0.1, 0.15) is 0 Å². The van der Waals surface area contributed by atoms with Crippen molar-refractivity contribution in [2.75, 3.05) is 0 Å². The molecule has 3 rings (SSSR count). The van der Waals surface area contributed by atoms with Crippen LogP contribution in [0, 0.1) is 55.4 Å². The van der Waals surface area contributed by atoms with Crippen molar-refractivity contribution in [2.45, 2.75) is 55.4 Å². The maximum absolute atomic E-state index is 4.85. The Morgan fingerprint density at radius 2 is 0.533 bits per heavy atom. The van der Waals surface area contributed by atoms with Gasteiger partial charge in [-0.3, -0.25) is 19.9 Å². The second kappa shape index (κ2) is 8.70. The molecule has 30 heavy (non-hydrogen) atoms. The van der Waals surface area contributed by atoms with E-state index in [9.17, 15) is 0 Å². The molecule has 0 radical (unpaired) electrons. The molecule has 4 heteroatoms. The van der Waals surface area contributed by atoms with E-state index in [1.165, 1.54) is 22.3 Å². The quantitative estimate of drug-likeness (QED) is 0.446. The number of hydrogen-bond acceptors (Lipinski definition) is 4. The molecule has 1 aromatic heterocycles. The summed E-state index contributed by atoms with van der Waals surface area (Å²) < 4.78 is 0. The van der Waals surface area contributed by atoms with Crippen LogP contribution in [0.2, 0.25) is 0 Å². The van der Waals surface area contributed by atoms with E-state index in [2.05, 4.69) is 52.0 Å². The molecule has 0 N–H and O–H groups in total. The number of benzene rings is 2. The summed E-state index contributed by atoms with van der Waals surface area (Å²) in [6.45, 7) is 16.4. The van der Waals surface area contributed by atoms with Crippen molar-refractivity contribution in [1.29, 1.82) is 0 Å². The van der Waals surface area contributed by atoms with E-state index in [-0.39, 0.29) is 0 Å². The first kappa shape index (κ1) is 21.6. The molecular formula is C26H30N4. The van der Waals surface area contributed by atoms with Crippen LogP contribution in [0.4, 0.5) is 0 Å². The molecule has 0 fully saturated rings. The summed E-state index contributed by atoms with van der Waals surface area (Å²) in [5.41, 5.74) is 11.8. The number of aryl methyl sites for hydroxylation is 8. The Kier molecular flexibility index (Phi) is 6.25. The van der Waals surface area contributed by atoms with Crippen molar-refractivity contribution in [1.82, 2.24) is 19.9 Å². The van der Waals surface area contributed by atoms with Crippen molar-refractivity contribution in [3.63, 3.8) is 0 Å². The third-order valence-corrected chi connectivity index (χ3v) is 5.20. The van der Waals surface area contributed by atoms with E-state index in [0.29, 0.717) is 0 Å². The summed E-state index contributed by atoms with van der Waals surface area (Å²) >= 11 is 0. The van der Waals surface area contributed by atoms with Crippen molar-refractivity contribution >= 4 is 22.1 Å². The second-order valence-electron chi connectivity index (χ2n) is 8.15. The number of fused-ring (bicyclic) bond motifs is 2. The highest BCUT2D eigenvalue weighted by Crippen LogP contribution is 2.17. The third-order valence-electron chi connectivity index (χ3n) is 5.20. The zero-order valence-corrected chi connectivity index (χ0v) is 19.3. The molecule has 0 atom stereocenters. The van der Waals surface area contributed by atoms with Gasteiger partial charge in [0.2, 0.25) is 0 Å². The first-order chi connectivity index (χ1) is 14.1. The van der Waals surface area contributed by atoms with Gasteiger partial charge in [0, 0.05) is 22.8 Å². The predicted octanol–water partition coefficient (Wildman–Crippen LogP) is 6.29. The van der Waals surface area contributed by atoms with Gasteiger partial charge in [0.15, 0.2) is 0 Å². The van der Waals surface area contributed by atoms with Gasteiger partial charge in [-0.2, -0.15) is 0 Å². The Morgan fingerprint density at radius 1 is 0.333 bits per heavy atom. The van der Waals surface area contributed by atoms with E-state index >= 15 is 0 Å². The highest BCUT2D eigenvalue weighted by atomic mass is 14.8. The van der Waals surface area contributed by atoms with Crippen LogP contribution in [-0.2, 0) is 0 Å². The summed E-state index contributed by atoms with van der Waals surface area (Å²) in [5.74, 6) is 0. The lowest BCUT2D eigenvalue weighted by Crippen LogP contribution is -1.90. The molecule has 1 heterocycles. The van der Waals surface area contributed by atoms with Crippen LogP contribution in [-0.4, -0.2) is 19.9 Å². The molecule has 0 amide bonds. The number of aromatic nitrogens is 4. The molecular weight excluding hydrogens is 368 g/mol. The van der Waals surface area contributed by atoms with Gasteiger partial charge in [-0.05, 0) is 114 Å². The van der Waals surface area contributed by atoms with E-state index in [0.717, 1.165) is 44.8 Å². The maximum Gasteiger partial charge on any atom is 0.0892 e. The number of rotatable bonds is 0. The SMILES string of the molecule is Cc1cc(C)nc2cc(C)c(C)cc2nc(C)cc(C)nc2cc(C)c(C)cc2n1. The summed E-state index contributed by atoms with van der Waals surface area (Å²) in [5, 5.41) is 0. The summed E-state index contributed by atoms with van der Waals surface area (Å²) in [6.07, 6.45) is 0. The van der Waals surface area contributed by atoms with Crippen molar-refractivity contribution in [3.8, 4) is 0 Å². The first-order valence-corrected chi connectivity index (χ1v) is 10.3. The van der Waals surface area contributed by atoms with Crippen LogP contribution >= 0.6 is 0 Å². The van der Waals surface area contributed by atoms with E-state index in [1.54, 1.807) is 0 Å². The summed E-state index contributed by atoms with van der Waals surface area (Å²) in [4.78, 5) is 19.4. The molecule has 0 spiro atoms. The van der Waals surface area contributed by atoms with Crippen LogP contribution in [0.25, 0.3) is 22.1 Å². The zero-order valence-electron chi connectivity index (χ0n) is 19.3. The standard InChI is InChI=1S/C26H30N4/c1-15-9-23-24(10-16(15)2)28-20(6)14-22(8)30-26-12-18(4)17(3)11-25(26)29-21(7)13-19(5)27-23/h9-14H,1-8H3. The van der Waals surface area contributed by atoms with Gasteiger partial charge in [-0.15, -0.1) is 0 Å². The van der Waals surface area contributed by atoms with Crippen LogP contribution in [0.1, 0.15) is 45.0 Å². The van der Waals surface area contributed by atoms with E-state index < -0.39 is 0 Å². The van der Waals surface area contributed by atoms with Crippen molar-refractivity contribution in [2.24, 2.45) is 0 Å². The lowest BCUT2D eigenvalue weighted by molar-refractivity contribution is 1.16. The summed E-state index contributed by atoms with van der Waals surface area (Å²) in [6, 6.07) is 12.4. The highest BCUT2D eigenvalue weighted by molar-refractivity contribution is 5.76. The van der Waals surface area contributed by atoms with Gasteiger partial charge in [-0.1, -0.05) is 0 Å². The van der Waals surface area contributed by atoms with E-state index in [4.69, 9.17) is 19.9 Å². The van der Waals surface area contributed by atoms with Gasteiger partial charge < -0.3 is 0 Å². The smallest absolute Gasteiger partial charge is 0.0892 e. The van der Waals surface area contributed by atoms with Gasteiger partial charge in [0.05, 0.1) is 22.1 Å². The maximum atomic E-state index is 4.85. The fourth-order valence-electron chi connectivity index (χ4n) is 3.42. The number of hydrogen-bond donors (Lipinski definition) is 0. The predicted molar refractivity (Wildman–Crippen MR) is 126 cm³/mol. The highest BCUT2D eigenvalue weighted by Gasteiger charge is 2.01. The largest absolute Gasteiger partial charge is 0.251 e. The molecule has 0 saturated carbocycles. The fraction of sp³-hybridized carbons (Fsp3) is 0.308. The van der Waals surface area contributed by atoms with Crippen molar-refractivity contribution in [3.05, 3.63) is 81.4 Å². The number of nitrogens with zero attached hydrogens (tertiary/aromatic N) is 4. The van der Waals surface area contributed by atoms with Gasteiger partial charge in [-0.25, -0.2) is 0 Å². The molecule has 0 bridgehead atoms. The Labute approximate surface area is 179 Å². The zero-order chi connectivity index (χ0) is 22.0. The Morgan fingerprint density at radius 3 is 0.733 bits per heavy atom. The lowest BCUT2D eigenvalue weighted by Gasteiger charge is -2.03. The van der Waals surface area contributed by atoms with Gasteiger partial charge in [0.25, 0.3) is 0 Å². The molecule has 0 aliphatic heterocycles.